The third-order valence-corrected chi connectivity index (χ3v) is 5.24. The first-order chi connectivity index (χ1) is 9.08. The minimum Gasteiger partial charge on any atom is -0.299 e. The monoisotopic (exact) mass is 300 g/mol. The third kappa shape index (κ3) is 3.62. The van der Waals surface area contributed by atoms with Crippen molar-refractivity contribution in [2.45, 2.75) is 46.1 Å². The molecule has 19 heavy (non-hydrogen) atoms. The van der Waals surface area contributed by atoms with Gasteiger partial charge in [-0.1, -0.05) is 56.0 Å². The van der Waals surface area contributed by atoms with Crippen LogP contribution in [0.1, 0.15) is 45.1 Å². The highest BCUT2D eigenvalue weighted by Gasteiger charge is 2.31. The number of aromatic nitrogens is 1. The molecule has 0 spiro atoms. The Morgan fingerprint density at radius 1 is 1.16 bits per heavy atom. The molecule has 0 bridgehead atoms. The van der Waals surface area contributed by atoms with E-state index < -0.39 is 0 Å². The number of halogens is 2. The largest absolute Gasteiger partial charge is 0.299 e. The van der Waals surface area contributed by atoms with E-state index in [1.165, 1.54) is 25.7 Å². The van der Waals surface area contributed by atoms with Gasteiger partial charge in [0.15, 0.2) is 0 Å². The number of hydrogen-bond donors (Lipinski definition) is 0. The molecule has 1 aromatic rings. The van der Waals surface area contributed by atoms with Crippen molar-refractivity contribution < 1.29 is 0 Å². The molecule has 2 nitrogen and oxygen atoms in total. The number of hydrogen-bond acceptors (Lipinski definition) is 2. The minimum absolute atomic E-state index is 0.461. The number of pyridine rings is 1. The predicted molar refractivity (Wildman–Crippen MR) is 81.8 cm³/mol. The van der Waals surface area contributed by atoms with E-state index in [1.54, 1.807) is 0 Å². The van der Waals surface area contributed by atoms with Gasteiger partial charge in [0, 0.05) is 12.1 Å². The Labute approximate surface area is 126 Å². The Balaban J connectivity index is 1.95. The summed E-state index contributed by atoms with van der Waals surface area (Å²) in [6, 6.07) is 3.80. The third-order valence-electron chi connectivity index (χ3n) is 4.70. The highest BCUT2D eigenvalue weighted by atomic mass is 35.5. The molecule has 0 N–H and O–H groups in total. The lowest BCUT2D eigenvalue weighted by molar-refractivity contribution is 0.0908. The Kier molecular flexibility index (Phi) is 5.10. The Morgan fingerprint density at radius 2 is 1.79 bits per heavy atom. The second kappa shape index (κ2) is 6.43. The molecule has 1 fully saturated rings. The fourth-order valence-corrected chi connectivity index (χ4v) is 3.35. The van der Waals surface area contributed by atoms with E-state index in [0.717, 1.165) is 25.2 Å². The first-order valence-corrected chi connectivity index (χ1v) is 7.87. The van der Waals surface area contributed by atoms with Crippen molar-refractivity contribution in [2.24, 2.45) is 5.41 Å². The van der Waals surface area contributed by atoms with Crippen LogP contribution in [0, 0.1) is 5.41 Å². The van der Waals surface area contributed by atoms with E-state index in [2.05, 4.69) is 23.7 Å². The van der Waals surface area contributed by atoms with E-state index in [4.69, 9.17) is 23.2 Å². The molecule has 106 valence electrons. The van der Waals surface area contributed by atoms with Crippen molar-refractivity contribution in [3.8, 4) is 0 Å². The molecule has 1 saturated heterocycles. The van der Waals surface area contributed by atoms with Crippen molar-refractivity contribution in [3.05, 3.63) is 28.0 Å². The van der Waals surface area contributed by atoms with E-state index in [9.17, 15) is 0 Å². The van der Waals surface area contributed by atoms with E-state index in [0.29, 0.717) is 15.7 Å². The number of rotatable bonds is 4. The van der Waals surface area contributed by atoms with Crippen molar-refractivity contribution in [2.75, 3.05) is 13.1 Å². The maximum atomic E-state index is 6.14. The number of nitrogens with zero attached hydrogens (tertiary/aromatic N) is 2. The zero-order valence-electron chi connectivity index (χ0n) is 11.8. The summed E-state index contributed by atoms with van der Waals surface area (Å²) in [5, 5.41) is 0.999. The fourth-order valence-electron chi connectivity index (χ4n) is 2.94. The summed E-state index contributed by atoms with van der Waals surface area (Å²) in [4.78, 5) is 6.58. The zero-order valence-corrected chi connectivity index (χ0v) is 13.3. The average molecular weight is 301 g/mol. The molecule has 0 saturated carbocycles. The molecular formula is C15H22Cl2N2. The van der Waals surface area contributed by atoms with Gasteiger partial charge < -0.3 is 0 Å². The van der Waals surface area contributed by atoms with Gasteiger partial charge in [-0.15, -0.1) is 0 Å². The molecule has 0 atom stereocenters. The maximum Gasteiger partial charge on any atom is 0.135 e. The quantitative estimate of drug-likeness (QED) is 0.743. The van der Waals surface area contributed by atoms with Crippen LogP contribution in [-0.2, 0) is 6.54 Å². The second-order valence-corrected chi connectivity index (χ2v) is 6.31. The topological polar surface area (TPSA) is 16.1 Å². The summed E-state index contributed by atoms with van der Waals surface area (Å²) in [5.74, 6) is 0. The molecule has 1 aliphatic heterocycles. The fraction of sp³-hybridized carbons (Fsp3) is 0.667. The number of likely N-dealkylation sites (tertiary alicyclic amines) is 1. The van der Waals surface area contributed by atoms with Gasteiger partial charge in [-0.05, 0) is 37.4 Å². The molecule has 0 unspecified atom stereocenters. The SMILES string of the molecule is CCC1(CC)CCN(Cc2ccc(Cl)nc2Cl)CC1. The zero-order chi connectivity index (χ0) is 13.9. The molecule has 1 aromatic heterocycles. The molecule has 0 radical (unpaired) electrons. The Hall–Kier alpha value is -0.310. The molecule has 4 heteroatoms. The van der Waals surface area contributed by atoms with Gasteiger partial charge in [-0.3, -0.25) is 4.90 Å². The summed E-state index contributed by atoms with van der Waals surface area (Å²) >= 11 is 12.0. The van der Waals surface area contributed by atoms with Gasteiger partial charge in [0.25, 0.3) is 0 Å². The van der Waals surface area contributed by atoms with Crippen LogP contribution >= 0.6 is 23.2 Å². The molecule has 1 aliphatic rings. The van der Waals surface area contributed by atoms with Gasteiger partial charge in [-0.2, -0.15) is 0 Å². The van der Waals surface area contributed by atoms with Crippen LogP contribution in [0.3, 0.4) is 0 Å². The smallest absolute Gasteiger partial charge is 0.135 e. The normalized spacial score (nSPS) is 19.6. The van der Waals surface area contributed by atoms with E-state index in [1.807, 2.05) is 12.1 Å². The van der Waals surface area contributed by atoms with Crippen molar-refractivity contribution in [1.29, 1.82) is 0 Å². The summed E-state index contributed by atoms with van der Waals surface area (Å²) < 4.78 is 0. The Bertz CT molecular complexity index is 420. The van der Waals surface area contributed by atoms with Gasteiger partial charge in [0.2, 0.25) is 0 Å². The van der Waals surface area contributed by atoms with Crippen molar-refractivity contribution in [1.82, 2.24) is 9.88 Å². The van der Waals surface area contributed by atoms with Crippen LogP contribution < -0.4 is 0 Å². The van der Waals surface area contributed by atoms with Gasteiger partial charge in [-0.25, -0.2) is 4.98 Å². The van der Waals surface area contributed by atoms with Crippen LogP contribution in [0.25, 0.3) is 0 Å². The molecule has 0 amide bonds. The van der Waals surface area contributed by atoms with Crippen LogP contribution in [0.4, 0.5) is 0 Å². The summed E-state index contributed by atoms with van der Waals surface area (Å²) in [5.41, 5.74) is 1.64. The summed E-state index contributed by atoms with van der Waals surface area (Å²) in [6.07, 6.45) is 5.17. The van der Waals surface area contributed by atoms with Crippen LogP contribution in [0.15, 0.2) is 12.1 Å². The Morgan fingerprint density at radius 3 is 2.32 bits per heavy atom. The van der Waals surface area contributed by atoms with E-state index in [-0.39, 0.29) is 0 Å². The predicted octanol–water partition coefficient (Wildman–Crippen LogP) is 4.79. The minimum atomic E-state index is 0.461. The highest BCUT2D eigenvalue weighted by molar-refractivity contribution is 6.32. The average Bonchev–Trinajstić information content (AvgIpc) is 2.43. The standard InChI is InChI=1S/C15H22Cl2N2/c1-3-15(4-2)7-9-19(10-8-15)11-12-5-6-13(16)18-14(12)17/h5-6H,3-4,7-11H2,1-2H3. The van der Waals surface area contributed by atoms with Crippen molar-refractivity contribution >= 4 is 23.2 Å². The lowest BCUT2D eigenvalue weighted by Gasteiger charge is -2.41. The first-order valence-electron chi connectivity index (χ1n) is 7.12. The van der Waals surface area contributed by atoms with E-state index >= 15 is 0 Å². The van der Waals surface area contributed by atoms with Crippen LogP contribution in [0.2, 0.25) is 10.3 Å². The summed E-state index contributed by atoms with van der Waals surface area (Å²) in [7, 11) is 0. The molecule has 0 aromatic carbocycles. The lowest BCUT2D eigenvalue weighted by atomic mass is 9.74. The van der Waals surface area contributed by atoms with Crippen LogP contribution in [0.5, 0.6) is 0 Å². The van der Waals surface area contributed by atoms with Crippen LogP contribution in [-0.4, -0.2) is 23.0 Å². The lowest BCUT2D eigenvalue weighted by Crippen LogP contribution is -2.39. The maximum absolute atomic E-state index is 6.14. The first kappa shape index (κ1) is 15.1. The van der Waals surface area contributed by atoms with Gasteiger partial charge >= 0.3 is 0 Å². The molecule has 2 rings (SSSR count). The molecular weight excluding hydrogens is 279 g/mol. The molecule has 2 heterocycles. The van der Waals surface area contributed by atoms with Crippen molar-refractivity contribution in [3.63, 3.8) is 0 Å². The van der Waals surface area contributed by atoms with Gasteiger partial charge in [0.1, 0.15) is 10.3 Å². The highest BCUT2D eigenvalue weighted by Crippen LogP contribution is 2.38. The number of piperidine rings is 1. The van der Waals surface area contributed by atoms with Gasteiger partial charge in [0.05, 0.1) is 0 Å². The molecule has 0 aliphatic carbocycles. The second-order valence-electron chi connectivity index (χ2n) is 5.57. The summed E-state index contributed by atoms with van der Waals surface area (Å²) in [6.45, 7) is 7.83.